The fourth-order valence-electron chi connectivity index (χ4n) is 5.61. The number of aromatic nitrogens is 3. The van der Waals surface area contributed by atoms with Crippen molar-refractivity contribution in [3.63, 3.8) is 0 Å². The normalized spacial score (nSPS) is 25.3. The van der Waals surface area contributed by atoms with E-state index in [1.165, 1.54) is 0 Å². The summed E-state index contributed by atoms with van der Waals surface area (Å²) in [5, 5.41) is 7.19. The molecule has 4 unspecified atom stereocenters. The number of hydrogen-bond acceptors (Lipinski definition) is 6. The molecule has 3 aromatic rings. The summed E-state index contributed by atoms with van der Waals surface area (Å²) in [5.74, 6) is 0.449. The van der Waals surface area contributed by atoms with Crippen LogP contribution in [0.3, 0.4) is 0 Å². The second-order valence-corrected chi connectivity index (χ2v) is 9.84. The lowest BCUT2D eigenvalue weighted by Crippen LogP contribution is -2.46. The minimum atomic E-state index is -0.304. The lowest BCUT2D eigenvalue weighted by Gasteiger charge is -2.28. The molecule has 4 atom stereocenters. The number of fused-ring (bicyclic) bond motifs is 3. The molecule has 0 radical (unpaired) electrons. The van der Waals surface area contributed by atoms with Crippen LogP contribution in [0.1, 0.15) is 16.8 Å². The SMILES string of the molecule is NC(=O)C1C2C=CC(C2)C1Nc1c(Cl)cnc2nc(-c3ccc(C(=O)N4CCNCC4)cc3)[nH]c12. The number of pyridine rings is 1. The van der Waals surface area contributed by atoms with Crippen molar-refractivity contribution < 1.29 is 9.59 Å². The number of nitrogens with zero attached hydrogens (tertiary/aromatic N) is 3. The van der Waals surface area contributed by atoms with Gasteiger partial charge >= 0.3 is 0 Å². The number of nitrogens with two attached hydrogens (primary N) is 1. The first-order chi connectivity index (χ1) is 17.0. The molecule has 2 bridgehead atoms. The number of carbonyl (C=O) groups is 2. The van der Waals surface area contributed by atoms with Gasteiger partial charge in [0, 0.05) is 43.3 Å². The molecule has 2 amide bonds. The van der Waals surface area contributed by atoms with Gasteiger partial charge in [-0.05, 0) is 30.4 Å². The van der Waals surface area contributed by atoms with E-state index in [-0.39, 0.29) is 35.6 Å². The molecule has 1 aliphatic heterocycles. The predicted molar refractivity (Wildman–Crippen MR) is 134 cm³/mol. The van der Waals surface area contributed by atoms with Crippen LogP contribution in [0.5, 0.6) is 0 Å². The van der Waals surface area contributed by atoms with Crippen LogP contribution in [0.15, 0.2) is 42.6 Å². The van der Waals surface area contributed by atoms with E-state index >= 15 is 0 Å². The van der Waals surface area contributed by atoms with Gasteiger partial charge in [0.2, 0.25) is 5.91 Å². The van der Waals surface area contributed by atoms with Gasteiger partial charge in [0.15, 0.2) is 5.65 Å². The minimum Gasteiger partial charge on any atom is -0.378 e. The Kier molecular flexibility index (Phi) is 5.46. The largest absolute Gasteiger partial charge is 0.378 e. The van der Waals surface area contributed by atoms with E-state index in [4.69, 9.17) is 17.3 Å². The Labute approximate surface area is 207 Å². The first-order valence-corrected chi connectivity index (χ1v) is 12.3. The van der Waals surface area contributed by atoms with E-state index < -0.39 is 0 Å². The molecule has 2 aromatic heterocycles. The molecule has 1 saturated carbocycles. The molecule has 180 valence electrons. The van der Waals surface area contributed by atoms with Crippen LogP contribution in [0.25, 0.3) is 22.6 Å². The first kappa shape index (κ1) is 22.1. The molecule has 10 heteroatoms. The third-order valence-electron chi connectivity index (χ3n) is 7.38. The first-order valence-electron chi connectivity index (χ1n) is 11.9. The molecule has 0 spiro atoms. The predicted octanol–water partition coefficient (Wildman–Crippen LogP) is 2.41. The second kappa shape index (κ2) is 8.66. The number of allylic oxidation sites excluding steroid dienone is 1. The maximum absolute atomic E-state index is 12.8. The van der Waals surface area contributed by atoms with Crippen molar-refractivity contribution in [2.24, 2.45) is 23.5 Å². The van der Waals surface area contributed by atoms with Gasteiger partial charge in [0.1, 0.15) is 11.3 Å². The van der Waals surface area contributed by atoms with Crippen molar-refractivity contribution >= 4 is 40.3 Å². The van der Waals surface area contributed by atoms with Crippen LogP contribution in [0, 0.1) is 17.8 Å². The van der Waals surface area contributed by atoms with Crippen LogP contribution < -0.4 is 16.4 Å². The fraction of sp³-hybridized carbons (Fsp3) is 0.360. The molecule has 1 aromatic carbocycles. The Hall–Kier alpha value is -3.43. The van der Waals surface area contributed by atoms with E-state index in [9.17, 15) is 9.59 Å². The highest BCUT2D eigenvalue weighted by Crippen LogP contribution is 2.46. The third kappa shape index (κ3) is 3.84. The smallest absolute Gasteiger partial charge is 0.253 e. The molecular weight excluding hydrogens is 466 g/mol. The van der Waals surface area contributed by atoms with E-state index in [2.05, 4.69) is 37.7 Å². The van der Waals surface area contributed by atoms with Crippen LogP contribution in [0.2, 0.25) is 5.02 Å². The van der Waals surface area contributed by atoms with Crippen LogP contribution >= 0.6 is 11.6 Å². The number of amides is 2. The standard InChI is InChI=1S/C25H26ClN7O2/c26-17-12-29-24-21(20(17)30-19-16-6-5-15(11-16)18(19)22(27)34)31-23(32-24)13-1-3-14(4-2-13)25(35)33-9-7-28-8-10-33/h1-6,12,15-16,18-19,28H,7-11H2,(H2,27,34)(H2,29,30,31,32). The highest BCUT2D eigenvalue weighted by molar-refractivity contribution is 6.34. The summed E-state index contributed by atoms with van der Waals surface area (Å²) in [4.78, 5) is 39.2. The maximum Gasteiger partial charge on any atom is 0.253 e. The molecular formula is C25H26ClN7O2. The summed E-state index contributed by atoms with van der Waals surface area (Å²) in [7, 11) is 0. The molecule has 5 N–H and O–H groups in total. The molecule has 2 aliphatic carbocycles. The zero-order valence-corrected chi connectivity index (χ0v) is 19.8. The van der Waals surface area contributed by atoms with Gasteiger partial charge in [-0.25, -0.2) is 9.97 Å². The Morgan fingerprint density at radius 3 is 2.60 bits per heavy atom. The maximum atomic E-state index is 12.8. The average molecular weight is 492 g/mol. The topological polar surface area (TPSA) is 129 Å². The number of primary amides is 1. The molecule has 1 saturated heterocycles. The van der Waals surface area contributed by atoms with Crippen LogP contribution in [-0.4, -0.2) is 63.9 Å². The number of nitrogens with one attached hydrogen (secondary N) is 3. The molecule has 2 fully saturated rings. The van der Waals surface area contributed by atoms with Gasteiger partial charge in [-0.1, -0.05) is 35.9 Å². The number of piperazine rings is 1. The van der Waals surface area contributed by atoms with E-state index in [0.29, 0.717) is 46.4 Å². The highest BCUT2D eigenvalue weighted by Gasteiger charge is 2.47. The molecule has 3 aliphatic rings. The number of H-pyrrole nitrogens is 1. The minimum absolute atomic E-state index is 0.0338. The Morgan fingerprint density at radius 1 is 1.11 bits per heavy atom. The average Bonchev–Trinajstić information content (AvgIpc) is 3.61. The van der Waals surface area contributed by atoms with Crippen LogP contribution in [-0.2, 0) is 4.79 Å². The summed E-state index contributed by atoms with van der Waals surface area (Å²) < 4.78 is 0. The van der Waals surface area contributed by atoms with Gasteiger partial charge in [0.05, 0.1) is 22.8 Å². The Morgan fingerprint density at radius 2 is 1.86 bits per heavy atom. The molecule has 35 heavy (non-hydrogen) atoms. The number of rotatable bonds is 5. The Bertz CT molecular complexity index is 1330. The summed E-state index contributed by atoms with van der Waals surface area (Å²) >= 11 is 6.54. The second-order valence-electron chi connectivity index (χ2n) is 9.43. The monoisotopic (exact) mass is 491 g/mol. The molecule has 3 heterocycles. The molecule has 6 rings (SSSR count). The third-order valence-corrected chi connectivity index (χ3v) is 7.67. The fourth-order valence-corrected chi connectivity index (χ4v) is 5.80. The van der Waals surface area contributed by atoms with Crippen molar-refractivity contribution in [2.75, 3.05) is 31.5 Å². The van der Waals surface area contributed by atoms with Crippen molar-refractivity contribution in [1.82, 2.24) is 25.2 Å². The van der Waals surface area contributed by atoms with Crippen molar-refractivity contribution in [2.45, 2.75) is 12.5 Å². The molecule has 9 nitrogen and oxygen atoms in total. The highest BCUT2D eigenvalue weighted by atomic mass is 35.5. The van der Waals surface area contributed by atoms with Gasteiger partial charge in [0.25, 0.3) is 5.91 Å². The number of hydrogen-bond donors (Lipinski definition) is 4. The van der Waals surface area contributed by atoms with Crippen molar-refractivity contribution in [3.05, 3.63) is 53.2 Å². The van der Waals surface area contributed by atoms with E-state index in [1.54, 1.807) is 6.20 Å². The van der Waals surface area contributed by atoms with Gasteiger partial charge < -0.3 is 26.3 Å². The van der Waals surface area contributed by atoms with Gasteiger partial charge in [-0.15, -0.1) is 0 Å². The summed E-state index contributed by atoms with van der Waals surface area (Å²) in [6.07, 6.45) is 6.71. The lowest BCUT2D eigenvalue weighted by atomic mass is 9.88. The number of aromatic amines is 1. The zero-order chi connectivity index (χ0) is 24.1. The van der Waals surface area contributed by atoms with E-state index in [1.807, 2.05) is 29.2 Å². The van der Waals surface area contributed by atoms with Gasteiger partial charge in [-0.2, -0.15) is 0 Å². The number of halogens is 1. The van der Waals surface area contributed by atoms with Gasteiger partial charge in [-0.3, -0.25) is 9.59 Å². The van der Waals surface area contributed by atoms with Crippen molar-refractivity contribution in [3.8, 4) is 11.4 Å². The Balaban J connectivity index is 1.28. The number of carbonyl (C=O) groups excluding carboxylic acids is 2. The van der Waals surface area contributed by atoms with Crippen molar-refractivity contribution in [1.29, 1.82) is 0 Å². The van der Waals surface area contributed by atoms with Crippen LogP contribution in [0.4, 0.5) is 5.69 Å². The summed E-state index contributed by atoms with van der Waals surface area (Å²) in [6, 6.07) is 7.28. The quantitative estimate of drug-likeness (QED) is 0.406. The summed E-state index contributed by atoms with van der Waals surface area (Å²) in [6.45, 7) is 3.05. The lowest BCUT2D eigenvalue weighted by molar-refractivity contribution is -0.122. The zero-order valence-electron chi connectivity index (χ0n) is 19.0. The summed E-state index contributed by atoms with van der Waals surface area (Å²) in [5.41, 5.74) is 9.07. The number of imidazole rings is 1. The number of benzene rings is 1. The van der Waals surface area contributed by atoms with E-state index in [0.717, 1.165) is 25.1 Å². The number of anilines is 1.